The number of carbonyl (C=O) groups excluding carboxylic acids is 2. The Labute approximate surface area is 200 Å². The predicted octanol–water partition coefficient (Wildman–Crippen LogP) is 4.41. The Morgan fingerprint density at radius 3 is 2.15 bits per heavy atom. The molecule has 1 fully saturated rings. The van der Waals surface area contributed by atoms with Gasteiger partial charge in [-0.1, -0.05) is 61.4 Å². The molecule has 2 N–H and O–H groups in total. The third-order valence-electron chi connectivity index (χ3n) is 7.42. The van der Waals surface area contributed by atoms with Gasteiger partial charge in [0.15, 0.2) is 0 Å². The van der Waals surface area contributed by atoms with Crippen LogP contribution < -0.4 is 5.32 Å². The molecule has 2 amide bonds. The molecule has 0 unspecified atom stereocenters. The number of ether oxygens (including phenoxy) is 1. The van der Waals surface area contributed by atoms with E-state index >= 15 is 0 Å². The van der Waals surface area contributed by atoms with Gasteiger partial charge in [0.25, 0.3) is 0 Å². The molecule has 7 nitrogen and oxygen atoms in total. The fourth-order valence-electron chi connectivity index (χ4n) is 5.06. The largest absolute Gasteiger partial charge is 0.480 e. The van der Waals surface area contributed by atoms with E-state index in [-0.39, 0.29) is 24.5 Å². The van der Waals surface area contributed by atoms with Gasteiger partial charge in [0, 0.05) is 19.0 Å². The van der Waals surface area contributed by atoms with Crippen molar-refractivity contribution in [1.82, 2.24) is 10.2 Å². The first-order chi connectivity index (χ1) is 16.2. The van der Waals surface area contributed by atoms with Gasteiger partial charge in [-0.25, -0.2) is 9.59 Å². The van der Waals surface area contributed by atoms with Crippen LogP contribution in [0.3, 0.4) is 0 Å². The molecule has 0 heterocycles. The summed E-state index contributed by atoms with van der Waals surface area (Å²) in [5.41, 5.74) is 3.27. The second-order valence-electron chi connectivity index (χ2n) is 9.73. The molecule has 2 aromatic carbocycles. The van der Waals surface area contributed by atoms with Gasteiger partial charge in [0.05, 0.1) is 5.92 Å². The smallest absolute Gasteiger partial charge is 0.407 e. The summed E-state index contributed by atoms with van der Waals surface area (Å²) in [7, 11) is 1.51. The molecule has 2 aliphatic rings. The van der Waals surface area contributed by atoms with Crippen LogP contribution in [-0.2, 0) is 14.3 Å². The number of rotatable bonds is 6. The predicted molar refractivity (Wildman–Crippen MR) is 128 cm³/mol. The number of carboxylic acid groups (broad SMARTS) is 1. The Morgan fingerprint density at radius 2 is 1.56 bits per heavy atom. The topological polar surface area (TPSA) is 95.9 Å². The van der Waals surface area contributed by atoms with E-state index in [4.69, 9.17) is 4.74 Å². The number of hydrogen-bond acceptors (Lipinski definition) is 4. The van der Waals surface area contributed by atoms with Gasteiger partial charge >= 0.3 is 12.1 Å². The lowest BCUT2D eigenvalue weighted by Crippen LogP contribution is -2.56. The molecule has 1 saturated carbocycles. The second-order valence-corrected chi connectivity index (χ2v) is 9.73. The highest BCUT2D eigenvalue weighted by Crippen LogP contribution is 2.44. The maximum atomic E-state index is 13.2. The van der Waals surface area contributed by atoms with Crippen LogP contribution in [-0.4, -0.2) is 53.2 Å². The molecular formula is C27H32N2O5. The number of nitrogens with one attached hydrogen (secondary N) is 1. The Morgan fingerprint density at radius 1 is 1.00 bits per heavy atom. The fraction of sp³-hybridized carbons (Fsp3) is 0.444. The van der Waals surface area contributed by atoms with Crippen molar-refractivity contribution in [3.8, 4) is 11.1 Å². The van der Waals surface area contributed by atoms with Crippen LogP contribution in [0.2, 0.25) is 0 Å². The summed E-state index contributed by atoms with van der Waals surface area (Å²) in [6.45, 7) is 3.21. The number of carboxylic acids is 1. The average Bonchev–Trinajstić information content (AvgIpc) is 3.16. The maximum Gasteiger partial charge on any atom is 0.407 e. The highest BCUT2D eigenvalue weighted by Gasteiger charge is 2.41. The first-order valence-electron chi connectivity index (χ1n) is 11.8. The number of aliphatic carboxylic acids is 1. The normalized spacial score (nSPS) is 19.6. The molecule has 180 valence electrons. The van der Waals surface area contributed by atoms with Crippen LogP contribution in [0.4, 0.5) is 4.79 Å². The van der Waals surface area contributed by atoms with Gasteiger partial charge in [0.1, 0.15) is 12.1 Å². The van der Waals surface area contributed by atoms with Gasteiger partial charge in [-0.3, -0.25) is 4.79 Å². The molecule has 0 saturated heterocycles. The van der Waals surface area contributed by atoms with Gasteiger partial charge in [-0.05, 0) is 48.9 Å². The Balaban J connectivity index is 1.42. The molecule has 7 heteroatoms. The maximum absolute atomic E-state index is 13.2. The zero-order valence-electron chi connectivity index (χ0n) is 19.9. The van der Waals surface area contributed by atoms with Crippen molar-refractivity contribution >= 4 is 18.0 Å². The van der Waals surface area contributed by atoms with Crippen LogP contribution in [0.5, 0.6) is 0 Å². The molecule has 0 bridgehead atoms. The lowest BCUT2D eigenvalue weighted by atomic mass is 9.83. The quantitative estimate of drug-likeness (QED) is 0.660. The molecule has 0 aliphatic heterocycles. The number of fused-ring (bicyclic) bond motifs is 3. The standard InChI is InChI=1S/C27H32N2O5/c1-27(2,25(31)32)29(3)24(30)21-14-8-9-15-23(21)28-26(33)34-16-22-19-12-6-4-10-17(19)18-11-5-7-13-20(18)22/h4-7,10-13,21-23H,8-9,14-16H2,1-3H3,(H,28,33)(H,31,32)/t21-,23+/m0/s1. The SMILES string of the molecule is CN(C(=O)[C@H]1CCCC[C@H]1NC(=O)OCC1c2ccccc2-c2ccccc21)C(C)(C)C(=O)O. The summed E-state index contributed by atoms with van der Waals surface area (Å²) in [5, 5.41) is 12.4. The summed E-state index contributed by atoms with van der Waals surface area (Å²) >= 11 is 0. The van der Waals surface area contributed by atoms with Crippen LogP contribution in [0.1, 0.15) is 56.6 Å². The van der Waals surface area contributed by atoms with E-state index in [9.17, 15) is 19.5 Å². The second kappa shape index (κ2) is 9.49. The lowest BCUT2D eigenvalue weighted by Gasteiger charge is -2.38. The Kier molecular flexibility index (Phi) is 6.64. The van der Waals surface area contributed by atoms with Gasteiger partial charge in [0.2, 0.25) is 5.91 Å². The third kappa shape index (κ3) is 4.39. The molecule has 34 heavy (non-hydrogen) atoms. The average molecular weight is 465 g/mol. The van der Waals surface area contributed by atoms with Crippen molar-refractivity contribution in [2.45, 2.75) is 57.0 Å². The summed E-state index contributed by atoms with van der Waals surface area (Å²) in [5.74, 6) is -1.85. The number of alkyl carbamates (subject to hydrolysis) is 1. The minimum Gasteiger partial charge on any atom is -0.480 e. The van der Waals surface area contributed by atoms with Gasteiger partial charge in [-0.2, -0.15) is 0 Å². The van der Waals surface area contributed by atoms with E-state index < -0.39 is 23.5 Å². The van der Waals surface area contributed by atoms with E-state index in [2.05, 4.69) is 29.6 Å². The van der Waals surface area contributed by atoms with Crippen LogP contribution in [0, 0.1) is 5.92 Å². The third-order valence-corrected chi connectivity index (χ3v) is 7.42. The van der Waals surface area contributed by atoms with Crippen LogP contribution >= 0.6 is 0 Å². The lowest BCUT2D eigenvalue weighted by molar-refractivity contribution is -0.157. The van der Waals surface area contributed by atoms with Crippen LogP contribution in [0.25, 0.3) is 11.1 Å². The molecule has 2 aliphatic carbocycles. The zero-order chi connectivity index (χ0) is 24.5. The summed E-state index contributed by atoms with van der Waals surface area (Å²) in [6.07, 6.45) is 2.46. The van der Waals surface area contributed by atoms with Crippen molar-refractivity contribution in [3.05, 3.63) is 59.7 Å². The highest BCUT2D eigenvalue weighted by atomic mass is 16.5. The molecular weight excluding hydrogens is 432 g/mol. The molecule has 0 radical (unpaired) electrons. The van der Waals surface area contributed by atoms with E-state index in [1.54, 1.807) is 0 Å². The Bertz CT molecular complexity index is 1050. The molecule has 0 spiro atoms. The van der Waals surface area contributed by atoms with Gasteiger partial charge in [-0.15, -0.1) is 0 Å². The van der Waals surface area contributed by atoms with E-state index in [1.807, 2.05) is 24.3 Å². The fourth-order valence-corrected chi connectivity index (χ4v) is 5.06. The monoisotopic (exact) mass is 464 g/mol. The van der Waals surface area contributed by atoms with Gasteiger partial charge < -0.3 is 20.1 Å². The van der Waals surface area contributed by atoms with E-state index in [1.165, 1.54) is 25.8 Å². The molecule has 0 aromatic heterocycles. The van der Waals surface area contributed by atoms with Crippen molar-refractivity contribution in [1.29, 1.82) is 0 Å². The molecule has 2 aromatic rings. The van der Waals surface area contributed by atoms with Crippen molar-refractivity contribution < 1.29 is 24.2 Å². The van der Waals surface area contributed by atoms with Crippen molar-refractivity contribution in [2.24, 2.45) is 5.92 Å². The number of hydrogen-bond donors (Lipinski definition) is 2. The number of nitrogens with zero attached hydrogens (tertiary/aromatic N) is 1. The number of benzene rings is 2. The Hall–Kier alpha value is -3.35. The highest BCUT2D eigenvalue weighted by molar-refractivity contribution is 5.88. The number of likely N-dealkylation sites (N-methyl/N-ethyl adjacent to an activating group) is 1. The number of amides is 2. The summed E-state index contributed by atoms with van der Waals surface area (Å²) in [6, 6.07) is 15.9. The van der Waals surface area contributed by atoms with E-state index in [0.29, 0.717) is 12.8 Å². The first kappa shape index (κ1) is 23.8. The van der Waals surface area contributed by atoms with Crippen molar-refractivity contribution in [2.75, 3.05) is 13.7 Å². The minimum atomic E-state index is -1.33. The van der Waals surface area contributed by atoms with Crippen molar-refractivity contribution in [3.63, 3.8) is 0 Å². The minimum absolute atomic E-state index is 0.0376. The zero-order valence-corrected chi connectivity index (χ0v) is 19.9. The summed E-state index contributed by atoms with van der Waals surface area (Å²) in [4.78, 5) is 38.8. The summed E-state index contributed by atoms with van der Waals surface area (Å²) < 4.78 is 5.67. The molecule has 4 rings (SSSR count). The first-order valence-corrected chi connectivity index (χ1v) is 11.8. The molecule has 2 atom stereocenters. The number of carbonyl (C=O) groups is 3. The van der Waals surface area contributed by atoms with Crippen LogP contribution in [0.15, 0.2) is 48.5 Å². The van der Waals surface area contributed by atoms with E-state index in [0.717, 1.165) is 35.1 Å².